The van der Waals surface area contributed by atoms with Crippen molar-refractivity contribution in [3.63, 3.8) is 0 Å². The zero-order valence-electron chi connectivity index (χ0n) is 8.04. The molecule has 0 spiro atoms. The number of carbonyl (C=O) groups is 1. The number of rotatable bonds is 3. The van der Waals surface area contributed by atoms with E-state index in [-0.39, 0.29) is 5.97 Å². The van der Waals surface area contributed by atoms with Crippen LogP contribution in [0.4, 0.5) is 0 Å². The van der Waals surface area contributed by atoms with Gasteiger partial charge in [0.05, 0.1) is 25.7 Å². The van der Waals surface area contributed by atoms with Gasteiger partial charge < -0.3 is 9.47 Å². The number of methoxy groups -OCH3 is 2. The third-order valence-electron chi connectivity index (χ3n) is 1.85. The van der Waals surface area contributed by atoms with Crippen LogP contribution in [0.3, 0.4) is 0 Å². The zero-order chi connectivity index (χ0) is 10.6. The highest BCUT2D eigenvalue weighted by atomic mass is 35.5. The molecule has 0 aliphatic heterocycles. The van der Waals surface area contributed by atoms with Gasteiger partial charge >= 0.3 is 5.97 Å². The van der Waals surface area contributed by atoms with E-state index in [1.165, 1.54) is 7.11 Å². The minimum absolute atomic E-state index is 0.300. The van der Waals surface area contributed by atoms with Crippen LogP contribution in [-0.4, -0.2) is 20.2 Å². The van der Waals surface area contributed by atoms with Crippen LogP contribution in [0.5, 0.6) is 5.75 Å². The van der Waals surface area contributed by atoms with E-state index in [4.69, 9.17) is 16.3 Å². The Kier molecular flexibility index (Phi) is 3.77. The Labute approximate surface area is 87.6 Å². The van der Waals surface area contributed by atoms with E-state index in [2.05, 4.69) is 4.74 Å². The Hall–Kier alpha value is -1.22. The van der Waals surface area contributed by atoms with Crippen molar-refractivity contribution in [3.8, 4) is 5.75 Å². The average Bonchev–Trinajstić information content (AvgIpc) is 2.26. The van der Waals surface area contributed by atoms with Crippen LogP contribution in [0.15, 0.2) is 18.2 Å². The third-order valence-corrected chi connectivity index (χ3v) is 2.13. The van der Waals surface area contributed by atoms with Crippen molar-refractivity contribution < 1.29 is 14.3 Å². The van der Waals surface area contributed by atoms with Gasteiger partial charge in [-0.1, -0.05) is 0 Å². The molecule has 0 aliphatic rings. The lowest BCUT2D eigenvalue weighted by atomic mass is 10.1. The van der Waals surface area contributed by atoms with E-state index in [1.54, 1.807) is 25.3 Å². The van der Waals surface area contributed by atoms with Crippen molar-refractivity contribution in [2.45, 2.75) is 5.88 Å². The molecule has 1 aromatic rings. The quantitative estimate of drug-likeness (QED) is 0.572. The van der Waals surface area contributed by atoms with E-state index in [0.717, 1.165) is 5.56 Å². The lowest BCUT2D eigenvalue weighted by Gasteiger charge is -2.07. The maximum Gasteiger partial charge on any atom is 0.337 e. The maximum absolute atomic E-state index is 11.2. The molecule has 0 fully saturated rings. The first-order chi connectivity index (χ1) is 6.72. The van der Waals surface area contributed by atoms with Gasteiger partial charge in [-0.15, -0.1) is 11.6 Å². The van der Waals surface area contributed by atoms with Crippen molar-refractivity contribution in [3.05, 3.63) is 29.3 Å². The molecule has 76 valence electrons. The molecule has 4 heteroatoms. The molecule has 0 amide bonds. The SMILES string of the molecule is COC(=O)c1ccc(OC)c(CCl)c1. The monoisotopic (exact) mass is 214 g/mol. The number of hydrogen-bond donors (Lipinski definition) is 0. The molecule has 14 heavy (non-hydrogen) atoms. The molecule has 1 rings (SSSR count). The van der Waals surface area contributed by atoms with Crippen LogP contribution in [0, 0.1) is 0 Å². The van der Waals surface area contributed by atoms with E-state index in [1.807, 2.05) is 0 Å². The number of ether oxygens (including phenoxy) is 2. The van der Waals surface area contributed by atoms with Crippen molar-refractivity contribution in [2.24, 2.45) is 0 Å². The van der Waals surface area contributed by atoms with Crippen molar-refractivity contribution in [1.29, 1.82) is 0 Å². The van der Waals surface area contributed by atoms with E-state index in [0.29, 0.717) is 17.2 Å². The Morgan fingerprint density at radius 3 is 2.64 bits per heavy atom. The summed E-state index contributed by atoms with van der Waals surface area (Å²) in [6, 6.07) is 5.00. The molecule has 0 N–H and O–H groups in total. The number of benzene rings is 1. The van der Waals surface area contributed by atoms with Gasteiger partial charge in [-0.2, -0.15) is 0 Å². The standard InChI is InChI=1S/C10H11ClO3/c1-13-9-4-3-7(10(12)14-2)5-8(9)6-11/h3-5H,6H2,1-2H3. The first-order valence-electron chi connectivity index (χ1n) is 4.04. The second kappa shape index (κ2) is 4.86. The highest BCUT2D eigenvalue weighted by Gasteiger charge is 2.09. The Balaban J connectivity index is 3.07. The first-order valence-corrected chi connectivity index (χ1v) is 4.57. The molecular weight excluding hydrogens is 204 g/mol. The second-order valence-corrected chi connectivity index (χ2v) is 2.92. The van der Waals surface area contributed by atoms with Crippen LogP contribution in [0.1, 0.15) is 15.9 Å². The summed E-state index contributed by atoms with van der Waals surface area (Å²) in [4.78, 5) is 11.2. The summed E-state index contributed by atoms with van der Waals surface area (Å²) in [5.74, 6) is 0.597. The number of hydrogen-bond acceptors (Lipinski definition) is 3. The lowest BCUT2D eigenvalue weighted by Crippen LogP contribution is -2.02. The zero-order valence-corrected chi connectivity index (χ0v) is 8.80. The highest BCUT2D eigenvalue weighted by molar-refractivity contribution is 6.17. The van der Waals surface area contributed by atoms with Crippen LogP contribution >= 0.6 is 11.6 Å². The van der Waals surface area contributed by atoms with Gasteiger partial charge in [0.25, 0.3) is 0 Å². The molecule has 0 radical (unpaired) electrons. The molecule has 0 unspecified atom stereocenters. The summed E-state index contributed by atoms with van der Waals surface area (Å²) in [6.45, 7) is 0. The van der Waals surface area contributed by atoms with Crippen LogP contribution in [0.25, 0.3) is 0 Å². The summed E-state index contributed by atoms with van der Waals surface area (Å²) in [7, 11) is 2.90. The predicted octanol–water partition coefficient (Wildman–Crippen LogP) is 2.22. The van der Waals surface area contributed by atoms with Crippen molar-refractivity contribution in [2.75, 3.05) is 14.2 Å². The highest BCUT2D eigenvalue weighted by Crippen LogP contribution is 2.21. The summed E-state index contributed by atoms with van der Waals surface area (Å²) < 4.78 is 9.65. The smallest absolute Gasteiger partial charge is 0.337 e. The fourth-order valence-electron chi connectivity index (χ4n) is 1.13. The number of carbonyl (C=O) groups excluding carboxylic acids is 1. The molecule has 0 bridgehead atoms. The van der Waals surface area contributed by atoms with Crippen molar-refractivity contribution in [1.82, 2.24) is 0 Å². The van der Waals surface area contributed by atoms with Gasteiger partial charge in [-0.3, -0.25) is 0 Å². The maximum atomic E-state index is 11.2. The largest absolute Gasteiger partial charge is 0.496 e. The summed E-state index contributed by atoms with van der Waals surface area (Å²) >= 11 is 5.70. The van der Waals surface area contributed by atoms with Crippen LogP contribution < -0.4 is 4.74 Å². The Morgan fingerprint density at radius 2 is 2.14 bits per heavy atom. The van der Waals surface area contributed by atoms with Gasteiger partial charge in [0, 0.05) is 5.56 Å². The average molecular weight is 215 g/mol. The molecular formula is C10H11ClO3. The minimum atomic E-state index is -0.376. The van der Waals surface area contributed by atoms with Crippen molar-refractivity contribution >= 4 is 17.6 Å². The predicted molar refractivity (Wildman–Crippen MR) is 53.9 cm³/mol. The fraction of sp³-hybridized carbons (Fsp3) is 0.300. The number of esters is 1. The van der Waals surface area contributed by atoms with Gasteiger partial charge in [-0.25, -0.2) is 4.79 Å². The molecule has 3 nitrogen and oxygen atoms in total. The normalized spacial score (nSPS) is 9.64. The first kappa shape index (κ1) is 10.9. The van der Waals surface area contributed by atoms with Gasteiger partial charge in [0.2, 0.25) is 0 Å². The van der Waals surface area contributed by atoms with Gasteiger partial charge in [0.1, 0.15) is 5.75 Å². The topological polar surface area (TPSA) is 35.5 Å². The second-order valence-electron chi connectivity index (χ2n) is 2.65. The summed E-state index contributed by atoms with van der Waals surface area (Å²) in [5, 5.41) is 0. The van der Waals surface area contributed by atoms with E-state index >= 15 is 0 Å². The molecule has 0 aromatic heterocycles. The van der Waals surface area contributed by atoms with Crippen LogP contribution in [0.2, 0.25) is 0 Å². The molecule has 0 saturated heterocycles. The summed E-state index contributed by atoms with van der Waals surface area (Å²) in [6.07, 6.45) is 0. The number of alkyl halides is 1. The van der Waals surface area contributed by atoms with Crippen LogP contribution in [-0.2, 0) is 10.6 Å². The lowest BCUT2D eigenvalue weighted by molar-refractivity contribution is 0.0600. The molecule has 0 atom stereocenters. The third kappa shape index (κ3) is 2.17. The molecule has 0 aliphatic carbocycles. The minimum Gasteiger partial charge on any atom is -0.496 e. The molecule has 0 heterocycles. The van der Waals surface area contributed by atoms with Gasteiger partial charge in [-0.05, 0) is 18.2 Å². The Bertz CT molecular complexity index is 336. The number of halogens is 1. The van der Waals surface area contributed by atoms with E-state index < -0.39 is 0 Å². The molecule has 0 saturated carbocycles. The van der Waals surface area contributed by atoms with E-state index in [9.17, 15) is 4.79 Å². The van der Waals surface area contributed by atoms with Gasteiger partial charge in [0.15, 0.2) is 0 Å². The summed E-state index contributed by atoms with van der Waals surface area (Å²) in [5.41, 5.74) is 1.25. The molecule has 1 aromatic carbocycles. The fourth-order valence-corrected chi connectivity index (χ4v) is 1.34. The Morgan fingerprint density at radius 1 is 1.43 bits per heavy atom.